The molecule has 3 rings (SSSR count). The summed E-state index contributed by atoms with van der Waals surface area (Å²) in [5, 5.41) is 11.9. The second kappa shape index (κ2) is 4.25. The highest BCUT2D eigenvalue weighted by atomic mass is 16.5. The third-order valence-corrected chi connectivity index (χ3v) is 2.70. The average Bonchev–Trinajstić information content (AvgIpc) is 2.92. The van der Waals surface area contributed by atoms with Gasteiger partial charge in [0.05, 0.1) is 5.69 Å². The maximum Gasteiger partial charge on any atom is 0.229 e. The van der Waals surface area contributed by atoms with E-state index in [4.69, 9.17) is 10.3 Å². The lowest BCUT2D eigenvalue weighted by Crippen LogP contribution is -2.03. The van der Waals surface area contributed by atoms with E-state index in [9.17, 15) is 0 Å². The molecule has 2 aromatic heterocycles. The van der Waals surface area contributed by atoms with Gasteiger partial charge in [0, 0.05) is 18.5 Å². The molecule has 90 valence electrons. The first kappa shape index (κ1) is 10.4. The number of aromatic nitrogens is 5. The van der Waals surface area contributed by atoms with Crippen molar-refractivity contribution in [1.82, 2.24) is 25.1 Å². The molecule has 0 bridgehead atoms. The molecule has 1 aliphatic carbocycles. The molecule has 0 atom stereocenters. The van der Waals surface area contributed by atoms with Gasteiger partial charge in [-0.2, -0.15) is 4.98 Å². The van der Waals surface area contributed by atoms with Crippen molar-refractivity contribution in [2.75, 3.05) is 6.54 Å². The van der Waals surface area contributed by atoms with Crippen LogP contribution in [0, 0.1) is 0 Å². The zero-order valence-electron chi connectivity index (χ0n) is 9.41. The molecule has 2 aromatic rings. The molecule has 1 saturated carbocycles. The van der Waals surface area contributed by atoms with Gasteiger partial charge in [-0.15, -0.1) is 5.10 Å². The summed E-state index contributed by atoms with van der Waals surface area (Å²) < 4.78 is 6.87. The first-order chi connectivity index (χ1) is 8.35. The monoisotopic (exact) mass is 234 g/mol. The van der Waals surface area contributed by atoms with Gasteiger partial charge in [-0.25, -0.2) is 4.68 Å². The van der Waals surface area contributed by atoms with E-state index in [1.165, 1.54) is 0 Å². The van der Waals surface area contributed by atoms with Gasteiger partial charge in [0.2, 0.25) is 5.89 Å². The van der Waals surface area contributed by atoms with Crippen molar-refractivity contribution in [2.24, 2.45) is 5.73 Å². The first-order valence-electron chi connectivity index (χ1n) is 5.76. The molecule has 7 heteroatoms. The van der Waals surface area contributed by atoms with Crippen molar-refractivity contribution in [3.05, 3.63) is 23.6 Å². The summed E-state index contributed by atoms with van der Waals surface area (Å²) in [4.78, 5) is 4.33. The van der Waals surface area contributed by atoms with Gasteiger partial charge in [-0.3, -0.25) is 0 Å². The van der Waals surface area contributed by atoms with Gasteiger partial charge in [-0.1, -0.05) is 10.4 Å². The Morgan fingerprint density at radius 2 is 2.35 bits per heavy atom. The van der Waals surface area contributed by atoms with E-state index in [1.54, 1.807) is 4.68 Å². The normalized spacial score (nSPS) is 15.4. The highest BCUT2D eigenvalue weighted by Gasteiger charge is 2.29. The van der Waals surface area contributed by atoms with Crippen LogP contribution in [0.1, 0.15) is 36.2 Å². The maximum atomic E-state index is 5.45. The van der Waals surface area contributed by atoms with Crippen LogP contribution in [0.5, 0.6) is 0 Å². The quantitative estimate of drug-likeness (QED) is 0.787. The minimum absolute atomic E-state index is 0.486. The fourth-order valence-electron chi connectivity index (χ4n) is 1.65. The molecule has 17 heavy (non-hydrogen) atoms. The lowest BCUT2D eigenvalue weighted by atomic mass is 10.3. The predicted octanol–water partition coefficient (Wildman–Crippen LogP) is 0.0880. The molecule has 0 unspecified atom stereocenters. The third-order valence-electron chi connectivity index (χ3n) is 2.70. The first-order valence-corrected chi connectivity index (χ1v) is 5.76. The minimum atomic E-state index is 0.486. The Morgan fingerprint density at radius 3 is 3.12 bits per heavy atom. The average molecular weight is 234 g/mol. The van der Waals surface area contributed by atoms with Crippen molar-refractivity contribution >= 4 is 0 Å². The molecule has 0 aromatic carbocycles. The zero-order chi connectivity index (χ0) is 11.7. The van der Waals surface area contributed by atoms with Gasteiger partial charge < -0.3 is 10.3 Å². The molecule has 2 N–H and O–H groups in total. The molecule has 0 saturated heterocycles. The van der Waals surface area contributed by atoms with Crippen LogP contribution in [-0.2, 0) is 13.0 Å². The van der Waals surface area contributed by atoms with Crippen molar-refractivity contribution < 1.29 is 4.52 Å². The van der Waals surface area contributed by atoms with Crippen molar-refractivity contribution in [1.29, 1.82) is 0 Å². The van der Waals surface area contributed by atoms with Crippen LogP contribution in [0.3, 0.4) is 0 Å². The Balaban J connectivity index is 1.67. The Bertz CT molecular complexity index is 500. The Morgan fingerprint density at radius 1 is 1.47 bits per heavy atom. The second-order valence-corrected chi connectivity index (χ2v) is 4.27. The van der Waals surface area contributed by atoms with E-state index >= 15 is 0 Å². The molecule has 7 nitrogen and oxygen atoms in total. The standard InChI is InChI=1S/C10H14N6O/c11-4-3-8-5-16(15-13-8)6-9-12-10(17-14-9)7-1-2-7/h5,7H,1-4,6,11H2. The third kappa shape index (κ3) is 2.33. The van der Waals surface area contributed by atoms with Crippen molar-refractivity contribution in [2.45, 2.75) is 31.7 Å². The van der Waals surface area contributed by atoms with E-state index in [0.29, 0.717) is 24.8 Å². The molecule has 0 radical (unpaired) electrons. The fourth-order valence-corrected chi connectivity index (χ4v) is 1.65. The van der Waals surface area contributed by atoms with E-state index in [1.807, 2.05) is 6.20 Å². The van der Waals surface area contributed by atoms with E-state index < -0.39 is 0 Å². The number of nitrogens with two attached hydrogens (primary N) is 1. The summed E-state index contributed by atoms with van der Waals surface area (Å²) in [7, 11) is 0. The number of hydrogen-bond acceptors (Lipinski definition) is 6. The Kier molecular flexibility index (Phi) is 2.60. The molecule has 0 aliphatic heterocycles. The van der Waals surface area contributed by atoms with E-state index in [-0.39, 0.29) is 0 Å². The SMILES string of the molecule is NCCc1cn(Cc2noc(C3CC3)n2)nn1. The molecule has 1 aliphatic rings. The summed E-state index contributed by atoms with van der Waals surface area (Å²) in [6, 6.07) is 0. The van der Waals surface area contributed by atoms with E-state index in [2.05, 4.69) is 20.5 Å². The Hall–Kier alpha value is -1.76. The lowest BCUT2D eigenvalue weighted by Gasteiger charge is -1.92. The van der Waals surface area contributed by atoms with Gasteiger partial charge in [0.1, 0.15) is 6.54 Å². The van der Waals surface area contributed by atoms with Crippen LogP contribution in [0.15, 0.2) is 10.7 Å². The molecule has 1 fully saturated rings. The van der Waals surface area contributed by atoms with Crippen LogP contribution < -0.4 is 5.73 Å². The minimum Gasteiger partial charge on any atom is -0.339 e. The van der Waals surface area contributed by atoms with Crippen molar-refractivity contribution in [3.63, 3.8) is 0 Å². The molecule has 0 spiro atoms. The summed E-state index contributed by atoms with van der Waals surface area (Å²) >= 11 is 0. The molecule has 2 heterocycles. The summed E-state index contributed by atoms with van der Waals surface area (Å²) in [5.41, 5.74) is 6.34. The maximum absolute atomic E-state index is 5.45. The fraction of sp³-hybridized carbons (Fsp3) is 0.600. The Labute approximate surface area is 98.0 Å². The van der Waals surface area contributed by atoms with Crippen LogP contribution in [0.2, 0.25) is 0 Å². The summed E-state index contributed by atoms with van der Waals surface area (Å²) in [6.07, 6.45) is 4.91. The van der Waals surface area contributed by atoms with Crippen LogP contribution in [0.25, 0.3) is 0 Å². The molecule has 0 amide bonds. The topological polar surface area (TPSA) is 95.7 Å². The molecular weight excluding hydrogens is 220 g/mol. The number of rotatable bonds is 5. The van der Waals surface area contributed by atoms with Crippen LogP contribution in [-0.4, -0.2) is 31.7 Å². The molecular formula is C10H14N6O. The largest absolute Gasteiger partial charge is 0.339 e. The van der Waals surface area contributed by atoms with Gasteiger partial charge in [0.25, 0.3) is 0 Å². The van der Waals surface area contributed by atoms with Gasteiger partial charge in [-0.05, 0) is 19.4 Å². The highest BCUT2D eigenvalue weighted by Crippen LogP contribution is 2.38. The summed E-state index contributed by atoms with van der Waals surface area (Å²) in [6.45, 7) is 1.07. The van der Waals surface area contributed by atoms with Crippen LogP contribution in [0.4, 0.5) is 0 Å². The van der Waals surface area contributed by atoms with Crippen LogP contribution >= 0.6 is 0 Å². The second-order valence-electron chi connectivity index (χ2n) is 4.27. The van der Waals surface area contributed by atoms with Crippen molar-refractivity contribution in [3.8, 4) is 0 Å². The van der Waals surface area contributed by atoms with E-state index in [0.717, 1.165) is 30.8 Å². The number of nitrogens with zero attached hydrogens (tertiary/aromatic N) is 5. The zero-order valence-corrected chi connectivity index (χ0v) is 9.41. The van der Waals surface area contributed by atoms with Gasteiger partial charge in [0.15, 0.2) is 5.82 Å². The lowest BCUT2D eigenvalue weighted by molar-refractivity contribution is 0.372. The van der Waals surface area contributed by atoms with Gasteiger partial charge >= 0.3 is 0 Å². The predicted molar refractivity (Wildman–Crippen MR) is 58.2 cm³/mol. The smallest absolute Gasteiger partial charge is 0.229 e. The highest BCUT2D eigenvalue weighted by molar-refractivity contribution is 5.02. The number of hydrogen-bond donors (Lipinski definition) is 1. The summed E-state index contributed by atoms with van der Waals surface area (Å²) in [5.74, 6) is 1.89.